The lowest BCUT2D eigenvalue weighted by atomic mass is 10.0. The normalized spacial score (nSPS) is 12.5. The molecule has 1 unspecified atom stereocenters. The summed E-state index contributed by atoms with van der Waals surface area (Å²) >= 11 is 0. The van der Waals surface area contributed by atoms with Gasteiger partial charge in [-0.2, -0.15) is 5.10 Å². The van der Waals surface area contributed by atoms with Crippen LogP contribution in [0.5, 0.6) is 11.6 Å². The molecule has 1 N–H and O–H groups in total. The molecule has 6 heteroatoms. The summed E-state index contributed by atoms with van der Waals surface area (Å²) in [6.45, 7) is 8.19. The van der Waals surface area contributed by atoms with Gasteiger partial charge in [-0.1, -0.05) is 51.1 Å². The fourth-order valence-electron chi connectivity index (χ4n) is 3.51. The molecule has 3 rings (SSSR count). The van der Waals surface area contributed by atoms with E-state index >= 15 is 0 Å². The molecule has 5 nitrogen and oxygen atoms in total. The van der Waals surface area contributed by atoms with Crippen LogP contribution in [0.25, 0.3) is 11.3 Å². The van der Waals surface area contributed by atoms with E-state index in [1.807, 2.05) is 51.2 Å². The predicted octanol–water partition coefficient (Wildman–Crippen LogP) is 5.25. The maximum Gasteiger partial charge on any atom is 0.222 e. The first-order chi connectivity index (χ1) is 14.9. The fraction of sp³-hybridized carbons (Fsp3) is 0.400. The monoisotopic (exact) mass is 425 g/mol. The van der Waals surface area contributed by atoms with Gasteiger partial charge in [0.2, 0.25) is 5.88 Å². The van der Waals surface area contributed by atoms with E-state index in [1.54, 1.807) is 16.8 Å². The van der Waals surface area contributed by atoms with E-state index in [0.717, 1.165) is 29.8 Å². The van der Waals surface area contributed by atoms with Gasteiger partial charge < -0.3 is 9.84 Å². The Morgan fingerprint density at radius 2 is 1.77 bits per heavy atom. The SMILES string of the molecule is CCCN(Cc1c(-c2ccccc2)nn(C)c1Oc1ccc(F)cc1)CC(O)C(C)C. The van der Waals surface area contributed by atoms with Crippen molar-refractivity contribution >= 4 is 0 Å². The second-order valence-corrected chi connectivity index (χ2v) is 8.22. The Labute approximate surface area is 184 Å². The molecule has 1 aromatic heterocycles. The number of hydrogen-bond acceptors (Lipinski definition) is 4. The highest BCUT2D eigenvalue weighted by Gasteiger charge is 2.23. The number of benzene rings is 2. The molecular weight excluding hydrogens is 393 g/mol. The summed E-state index contributed by atoms with van der Waals surface area (Å²) in [5.74, 6) is 1.04. The van der Waals surface area contributed by atoms with Gasteiger partial charge >= 0.3 is 0 Å². The van der Waals surface area contributed by atoms with Crippen LogP contribution in [0.4, 0.5) is 4.39 Å². The summed E-state index contributed by atoms with van der Waals surface area (Å²) in [5.41, 5.74) is 2.80. The molecule has 0 aliphatic carbocycles. The van der Waals surface area contributed by atoms with Crippen LogP contribution in [0.2, 0.25) is 0 Å². The lowest BCUT2D eigenvalue weighted by Gasteiger charge is -2.26. The van der Waals surface area contributed by atoms with E-state index in [2.05, 4.69) is 11.8 Å². The molecule has 0 saturated carbocycles. The van der Waals surface area contributed by atoms with Crippen LogP contribution in [0.1, 0.15) is 32.8 Å². The van der Waals surface area contributed by atoms with Gasteiger partial charge in [-0.05, 0) is 43.1 Å². The number of rotatable bonds is 10. The summed E-state index contributed by atoms with van der Waals surface area (Å²) in [6.07, 6.45) is 0.560. The predicted molar refractivity (Wildman–Crippen MR) is 122 cm³/mol. The van der Waals surface area contributed by atoms with Gasteiger partial charge in [0, 0.05) is 25.7 Å². The topological polar surface area (TPSA) is 50.5 Å². The largest absolute Gasteiger partial charge is 0.439 e. The number of aliphatic hydroxyl groups is 1. The maximum atomic E-state index is 13.3. The Kier molecular flexibility index (Phi) is 7.82. The highest BCUT2D eigenvalue weighted by atomic mass is 19.1. The van der Waals surface area contributed by atoms with Gasteiger partial charge in [0.1, 0.15) is 17.3 Å². The van der Waals surface area contributed by atoms with Crippen molar-refractivity contribution < 1.29 is 14.2 Å². The van der Waals surface area contributed by atoms with Gasteiger partial charge in [-0.3, -0.25) is 4.90 Å². The van der Waals surface area contributed by atoms with Crippen molar-refractivity contribution in [2.75, 3.05) is 13.1 Å². The standard InChI is InChI=1S/C25H32FN3O2/c1-5-15-29(17-23(30)18(2)3)16-22-24(19-9-7-6-8-10-19)27-28(4)25(22)31-21-13-11-20(26)12-14-21/h6-14,18,23,30H,5,15-17H2,1-4H3. The Morgan fingerprint density at radius 1 is 1.10 bits per heavy atom. The van der Waals surface area contributed by atoms with E-state index < -0.39 is 6.10 Å². The first-order valence-corrected chi connectivity index (χ1v) is 10.8. The Hall–Kier alpha value is -2.70. The number of ether oxygens (including phenoxy) is 1. The van der Waals surface area contributed by atoms with Crippen LogP contribution in [-0.4, -0.2) is 39.0 Å². The van der Waals surface area contributed by atoms with Crippen LogP contribution in [0.15, 0.2) is 54.6 Å². The number of aryl methyl sites for hydroxylation is 1. The summed E-state index contributed by atoms with van der Waals surface area (Å²) in [6, 6.07) is 16.0. The molecule has 0 aliphatic rings. The zero-order valence-corrected chi connectivity index (χ0v) is 18.8. The summed E-state index contributed by atoms with van der Waals surface area (Å²) in [5, 5.41) is 15.2. The number of halogens is 1. The molecule has 0 amide bonds. The van der Waals surface area contributed by atoms with E-state index in [-0.39, 0.29) is 11.7 Å². The molecule has 0 radical (unpaired) electrons. The summed E-state index contributed by atoms with van der Waals surface area (Å²) < 4.78 is 21.2. The third-order valence-electron chi connectivity index (χ3n) is 5.30. The van der Waals surface area contributed by atoms with Crippen LogP contribution < -0.4 is 4.74 Å². The molecule has 1 atom stereocenters. The zero-order chi connectivity index (χ0) is 22.4. The average molecular weight is 426 g/mol. The molecular formula is C25H32FN3O2. The van der Waals surface area contributed by atoms with Gasteiger partial charge in [-0.15, -0.1) is 0 Å². The minimum atomic E-state index is -0.412. The smallest absolute Gasteiger partial charge is 0.222 e. The molecule has 0 bridgehead atoms. The first kappa shape index (κ1) is 23.0. The van der Waals surface area contributed by atoms with Gasteiger partial charge in [0.05, 0.1) is 11.7 Å². The minimum absolute atomic E-state index is 0.178. The number of nitrogens with zero attached hydrogens (tertiary/aromatic N) is 3. The van der Waals surface area contributed by atoms with E-state index in [1.165, 1.54) is 12.1 Å². The van der Waals surface area contributed by atoms with E-state index in [0.29, 0.717) is 24.7 Å². The fourth-order valence-corrected chi connectivity index (χ4v) is 3.51. The molecule has 2 aromatic carbocycles. The zero-order valence-electron chi connectivity index (χ0n) is 18.8. The van der Waals surface area contributed by atoms with Crippen molar-refractivity contribution in [2.24, 2.45) is 13.0 Å². The van der Waals surface area contributed by atoms with Crippen molar-refractivity contribution in [3.8, 4) is 22.9 Å². The molecule has 166 valence electrons. The molecule has 31 heavy (non-hydrogen) atoms. The molecule has 0 spiro atoms. The lowest BCUT2D eigenvalue weighted by molar-refractivity contribution is 0.0729. The first-order valence-electron chi connectivity index (χ1n) is 10.8. The molecule has 0 aliphatic heterocycles. The summed E-state index contributed by atoms with van der Waals surface area (Å²) in [4.78, 5) is 2.24. The van der Waals surface area contributed by atoms with Crippen LogP contribution >= 0.6 is 0 Å². The van der Waals surface area contributed by atoms with Gasteiger partial charge in [0.25, 0.3) is 0 Å². The van der Waals surface area contributed by atoms with E-state index in [4.69, 9.17) is 9.84 Å². The van der Waals surface area contributed by atoms with Crippen LogP contribution in [0.3, 0.4) is 0 Å². The van der Waals surface area contributed by atoms with Crippen molar-refractivity contribution in [1.29, 1.82) is 0 Å². The van der Waals surface area contributed by atoms with Crippen molar-refractivity contribution in [1.82, 2.24) is 14.7 Å². The second kappa shape index (κ2) is 10.6. The van der Waals surface area contributed by atoms with Crippen molar-refractivity contribution in [3.63, 3.8) is 0 Å². The van der Waals surface area contributed by atoms with Gasteiger partial charge in [-0.25, -0.2) is 9.07 Å². The minimum Gasteiger partial charge on any atom is -0.439 e. The number of aliphatic hydroxyl groups excluding tert-OH is 1. The lowest BCUT2D eigenvalue weighted by Crippen LogP contribution is -2.35. The Morgan fingerprint density at radius 3 is 2.39 bits per heavy atom. The van der Waals surface area contributed by atoms with Crippen molar-refractivity contribution in [3.05, 3.63) is 66.0 Å². The highest BCUT2D eigenvalue weighted by Crippen LogP contribution is 2.34. The number of hydrogen-bond donors (Lipinski definition) is 1. The van der Waals surface area contributed by atoms with Gasteiger partial charge in [0.15, 0.2) is 0 Å². The third kappa shape index (κ3) is 5.93. The second-order valence-electron chi connectivity index (χ2n) is 8.22. The third-order valence-corrected chi connectivity index (χ3v) is 5.30. The average Bonchev–Trinajstić information content (AvgIpc) is 3.05. The Balaban J connectivity index is 2.00. The van der Waals surface area contributed by atoms with Crippen molar-refractivity contribution in [2.45, 2.75) is 39.8 Å². The van der Waals surface area contributed by atoms with Crippen LogP contribution in [-0.2, 0) is 13.6 Å². The van der Waals surface area contributed by atoms with Crippen LogP contribution in [0, 0.1) is 11.7 Å². The molecule has 3 aromatic rings. The molecule has 1 heterocycles. The summed E-state index contributed by atoms with van der Waals surface area (Å²) in [7, 11) is 1.85. The highest BCUT2D eigenvalue weighted by molar-refractivity contribution is 5.65. The Bertz CT molecular complexity index is 955. The maximum absolute atomic E-state index is 13.3. The quantitative estimate of drug-likeness (QED) is 0.482. The number of aromatic nitrogens is 2. The van der Waals surface area contributed by atoms with E-state index in [9.17, 15) is 9.50 Å². The molecule has 0 saturated heterocycles. The molecule has 0 fully saturated rings.